The SMILES string of the molecule is CCCCCCCCCCCCCCCOC(=O)C(NC(=O)c1cc(F)cc(C(F)(F)F)c1)C(C)C. The van der Waals surface area contributed by atoms with Gasteiger partial charge in [0.05, 0.1) is 12.2 Å². The van der Waals surface area contributed by atoms with Crippen molar-refractivity contribution in [2.75, 3.05) is 6.61 Å². The molecule has 0 spiro atoms. The van der Waals surface area contributed by atoms with Crippen LogP contribution in [0.5, 0.6) is 0 Å². The van der Waals surface area contributed by atoms with Gasteiger partial charge in [-0.3, -0.25) is 4.79 Å². The zero-order valence-corrected chi connectivity index (χ0v) is 22.0. The first-order chi connectivity index (χ1) is 17.1. The van der Waals surface area contributed by atoms with Crippen LogP contribution in [0.3, 0.4) is 0 Å². The van der Waals surface area contributed by atoms with Gasteiger partial charge in [0.25, 0.3) is 5.91 Å². The number of unbranched alkanes of at least 4 members (excludes halogenated alkanes) is 12. The van der Waals surface area contributed by atoms with E-state index in [4.69, 9.17) is 4.74 Å². The second-order valence-corrected chi connectivity index (χ2v) is 9.83. The zero-order chi connectivity index (χ0) is 27.0. The zero-order valence-electron chi connectivity index (χ0n) is 22.0. The number of hydrogen-bond donors (Lipinski definition) is 1. The third-order valence-corrected chi connectivity index (χ3v) is 6.19. The summed E-state index contributed by atoms with van der Waals surface area (Å²) < 4.78 is 57.7. The molecule has 1 atom stereocenters. The average molecular weight is 518 g/mol. The van der Waals surface area contributed by atoms with Crippen LogP contribution in [0, 0.1) is 11.7 Å². The van der Waals surface area contributed by atoms with E-state index in [0.29, 0.717) is 24.6 Å². The molecule has 0 heterocycles. The van der Waals surface area contributed by atoms with Gasteiger partial charge in [-0.05, 0) is 30.5 Å². The topological polar surface area (TPSA) is 55.4 Å². The van der Waals surface area contributed by atoms with Gasteiger partial charge in [-0.15, -0.1) is 0 Å². The van der Waals surface area contributed by atoms with E-state index in [1.165, 1.54) is 57.8 Å². The molecule has 1 aromatic carbocycles. The number of carbonyl (C=O) groups is 2. The van der Waals surface area contributed by atoms with E-state index < -0.39 is 41.0 Å². The van der Waals surface area contributed by atoms with Crippen LogP contribution < -0.4 is 5.32 Å². The van der Waals surface area contributed by atoms with Crippen LogP contribution in [-0.4, -0.2) is 24.5 Å². The molecule has 0 aliphatic carbocycles. The summed E-state index contributed by atoms with van der Waals surface area (Å²) in [6.45, 7) is 5.81. The summed E-state index contributed by atoms with van der Waals surface area (Å²) >= 11 is 0. The standard InChI is InChI=1S/C28H43F4NO3/c1-4-5-6-7-8-9-10-11-12-13-14-15-16-17-36-27(35)25(21(2)3)33-26(34)22-18-23(28(30,31)32)20-24(29)19-22/h18-21,25H,4-17H2,1-3H3,(H,33,34). The number of ether oxygens (including phenoxy) is 1. The lowest BCUT2D eigenvalue weighted by atomic mass is 10.0. The van der Waals surface area contributed by atoms with Crippen molar-refractivity contribution in [1.82, 2.24) is 5.32 Å². The van der Waals surface area contributed by atoms with Gasteiger partial charge < -0.3 is 10.1 Å². The monoisotopic (exact) mass is 517 g/mol. The van der Waals surface area contributed by atoms with Gasteiger partial charge in [0.2, 0.25) is 0 Å². The minimum absolute atomic E-state index is 0.216. The quantitative estimate of drug-likeness (QED) is 0.121. The molecule has 1 rings (SSSR count). The van der Waals surface area contributed by atoms with E-state index in [-0.39, 0.29) is 12.5 Å². The smallest absolute Gasteiger partial charge is 0.416 e. The van der Waals surface area contributed by atoms with Crippen molar-refractivity contribution in [3.8, 4) is 0 Å². The maximum atomic E-state index is 13.6. The number of amides is 1. The summed E-state index contributed by atoms with van der Waals surface area (Å²) in [4.78, 5) is 24.9. The molecule has 0 aliphatic heterocycles. The van der Waals surface area contributed by atoms with Gasteiger partial charge in [0.15, 0.2) is 0 Å². The minimum Gasteiger partial charge on any atom is -0.464 e. The Hall–Kier alpha value is -2.12. The second kappa shape index (κ2) is 17.4. The Balaban J connectivity index is 2.31. The van der Waals surface area contributed by atoms with Crippen molar-refractivity contribution in [2.24, 2.45) is 5.92 Å². The number of esters is 1. The number of nitrogens with one attached hydrogen (secondary N) is 1. The molecule has 0 fully saturated rings. The first-order valence-electron chi connectivity index (χ1n) is 13.4. The van der Waals surface area contributed by atoms with Crippen molar-refractivity contribution in [1.29, 1.82) is 0 Å². The molecule has 8 heteroatoms. The molecule has 0 aromatic heterocycles. The molecule has 1 aromatic rings. The molecular formula is C28H43F4NO3. The van der Waals surface area contributed by atoms with E-state index in [0.717, 1.165) is 19.3 Å². The second-order valence-electron chi connectivity index (χ2n) is 9.83. The van der Waals surface area contributed by atoms with Crippen molar-refractivity contribution >= 4 is 11.9 Å². The lowest BCUT2D eigenvalue weighted by molar-refractivity contribution is -0.147. The van der Waals surface area contributed by atoms with Gasteiger partial charge in [-0.1, -0.05) is 97.8 Å². The van der Waals surface area contributed by atoms with Gasteiger partial charge >= 0.3 is 12.1 Å². The van der Waals surface area contributed by atoms with Crippen molar-refractivity contribution < 1.29 is 31.9 Å². The summed E-state index contributed by atoms with van der Waals surface area (Å²) in [7, 11) is 0. The molecule has 0 saturated heterocycles. The highest BCUT2D eigenvalue weighted by atomic mass is 19.4. The Bertz CT molecular complexity index is 781. The van der Waals surface area contributed by atoms with Crippen LogP contribution in [0.25, 0.3) is 0 Å². The van der Waals surface area contributed by atoms with Crippen LogP contribution in [0.4, 0.5) is 17.6 Å². The van der Waals surface area contributed by atoms with E-state index in [2.05, 4.69) is 12.2 Å². The Kier molecular flexibility index (Phi) is 15.4. The van der Waals surface area contributed by atoms with Crippen LogP contribution in [-0.2, 0) is 15.7 Å². The summed E-state index contributed by atoms with van der Waals surface area (Å²) in [5.41, 5.74) is -1.77. The van der Waals surface area contributed by atoms with E-state index in [9.17, 15) is 27.2 Å². The van der Waals surface area contributed by atoms with Crippen LogP contribution >= 0.6 is 0 Å². The lowest BCUT2D eigenvalue weighted by Crippen LogP contribution is -2.45. The fraction of sp³-hybridized carbons (Fsp3) is 0.714. The number of alkyl halides is 3. The maximum Gasteiger partial charge on any atom is 0.416 e. The Morgan fingerprint density at radius 1 is 0.833 bits per heavy atom. The predicted octanol–water partition coefficient (Wildman–Crippen LogP) is 8.23. The summed E-state index contributed by atoms with van der Waals surface area (Å²) in [6, 6.07) is 0.549. The van der Waals surface area contributed by atoms with Crippen LogP contribution in [0.2, 0.25) is 0 Å². The summed E-state index contributed by atoms with van der Waals surface area (Å²) in [5, 5.41) is 2.39. The van der Waals surface area contributed by atoms with Gasteiger partial charge in [0, 0.05) is 5.56 Å². The third-order valence-electron chi connectivity index (χ3n) is 6.19. The Morgan fingerprint density at radius 2 is 1.33 bits per heavy atom. The number of rotatable bonds is 18. The largest absolute Gasteiger partial charge is 0.464 e. The van der Waals surface area contributed by atoms with E-state index in [1.807, 2.05) is 0 Å². The number of benzene rings is 1. The first-order valence-corrected chi connectivity index (χ1v) is 13.4. The molecule has 0 bridgehead atoms. The molecular weight excluding hydrogens is 474 g/mol. The van der Waals surface area contributed by atoms with Crippen LogP contribution in [0.15, 0.2) is 18.2 Å². The normalized spacial score (nSPS) is 12.6. The number of hydrogen-bond acceptors (Lipinski definition) is 3. The highest BCUT2D eigenvalue weighted by Gasteiger charge is 2.33. The third kappa shape index (κ3) is 13.3. The predicted molar refractivity (Wildman–Crippen MR) is 134 cm³/mol. The van der Waals surface area contributed by atoms with Crippen molar-refractivity contribution in [3.63, 3.8) is 0 Å². The molecule has 1 amide bonds. The highest BCUT2D eigenvalue weighted by molar-refractivity contribution is 5.97. The van der Waals surface area contributed by atoms with E-state index >= 15 is 0 Å². The first kappa shape index (κ1) is 31.9. The fourth-order valence-electron chi connectivity index (χ4n) is 3.99. The van der Waals surface area contributed by atoms with Crippen molar-refractivity contribution in [2.45, 2.75) is 116 Å². The molecule has 0 saturated carbocycles. The molecule has 4 nitrogen and oxygen atoms in total. The van der Waals surface area contributed by atoms with Gasteiger partial charge in [-0.25, -0.2) is 9.18 Å². The summed E-state index contributed by atoms with van der Waals surface area (Å²) in [6.07, 6.45) is 10.8. The molecule has 0 radical (unpaired) electrons. The number of carbonyl (C=O) groups excluding carboxylic acids is 2. The minimum atomic E-state index is -4.79. The number of halogens is 4. The van der Waals surface area contributed by atoms with Crippen LogP contribution in [0.1, 0.15) is 120 Å². The average Bonchev–Trinajstić information content (AvgIpc) is 2.81. The van der Waals surface area contributed by atoms with Gasteiger partial charge in [-0.2, -0.15) is 13.2 Å². The fourth-order valence-corrected chi connectivity index (χ4v) is 3.99. The molecule has 1 N–H and O–H groups in total. The molecule has 0 aliphatic rings. The molecule has 206 valence electrons. The maximum absolute atomic E-state index is 13.6. The van der Waals surface area contributed by atoms with E-state index in [1.54, 1.807) is 13.8 Å². The lowest BCUT2D eigenvalue weighted by Gasteiger charge is -2.21. The Morgan fingerprint density at radius 3 is 1.81 bits per heavy atom. The Labute approximate surface area is 213 Å². The molecule has 1 unspecified atom stereocenters. The van der Waals surface area contributed by atoms with Crippen molar-refractivity contribution in [3.05, 3.63) is 35.1 Å². The highest BCUT2D eigenvalue weighted by Crippen LogP contribution is 2.30. The summed E-state index contributed by atoms with van der Waals surface area (Å²) in [5.74, 6) is -3.15. The van der Waals surface area contributed by atoms with Gasteiger partial charge in [0.1, 0.15) is 11.9 Å². The molecule has 36 heavy (non-hydrogen) atoms.